The second-order valence-electron chi connectivity index (χ2n) is 6.51. The van der Waals surface area contributed by atoms with Gasteiger partial charge in [-0.15, -0.1) is 0 Å². The molecule has 90 valence electrons. The zero-order valence-electron chi connectivity index (χ0n) is 10.1. The van der Waals surface area contributed by atoms with Crippen LogP contribution in [-0.2, 0) is 4.74 Å². The van der Waals surface area contributed by atoms with E-state index in [4.69, 9.17) is 17.0 Å². The van der Waals surface area contributed by atoms with E-state index in [2.05, 4.69) is 6.92 Å². The molecule has 0 radical (unpaired) electrons. The number of hydrogen-bond donors (Lipinski definition) is 0. The average molecular weight is 256 g/mol. The predicted molar refractivity (Wildman–Crippen MR) is 72.7 cm³/mol. The molecule has 2 atom stereocenters. The lowest BCUT2D eigenvalue weighted by Gasteiger charge is -2.60. The maximum absolute atomic E-state index is 6.16. The van der Waals surface area contributed by atoms with Crippen molar-refractivity contribution < 1.29 is 4.74 Å². The summed E-state index contributed by atoms with van der Waals surface area (Å²) in [4.78, 5) is 0. The smallest absolute Gasteiger partial charge is 0.220 e. The largest absolute Gasteiger partial charge is 0.472 e. The van der Waals surface area contributed by atoms with Crippen molar-refractivity contribution in [3.63, 3.8) is 0 Å². The van der Waals surface area contributed by atoms with E-state index < -0.39 is 0 Å². The summed E-state index contributed by atoms with van der Waals surface area (Å²) in [6.45, 7) is 2.46. The molecule has 4 bridgehead atoms. The molecule has 0 heterocycles. The van der Waals surface area contributed by atoms with E-state index in [0.29, 0.717) is 5.41 Å². The molecule has 4 aliphatic rings. The summed E-state index contributed by atoms with van der Waals surface area (Å²) < 4.78 is 6.91. The van der Waals surface area contributed by atoms with Gasteiger partial charge < -0.3 is 4.74 Å². The maximum atomic E-state index is 6.16. The standard InChI is InChI=1S/C13H20OS2/c1-12-4-9-3-10(5-12)7-13(6-9,8-12)14-11(15)16-2/h9-10H,3-8H2,1-2H3/t9-,10-,12?,13?/m1/s1. The van der Waals surface area contributed by atoms with Crippen LogP contribution in [0, 0.1) is 17.3 Å². The van der Waals surface area contributed by atoms with Crippen LogP contribution in [0.5, 0.6) is 0 Å². The van der Waals surface area contributed by atoms with Gasteiger partial charge in [-0.1, -0.05) is 18.7 Å². The van der Waals surface area contributed by atoms with Crippen LogP contribution < -0.4 is 0 Å². The zero-order chi connectivity index (χ0) is 11.4. The topological polar surface area (TPSA) is 9.23 Å². The summed E-state index contributed by atoms with van der Waals surface area (Å²) in [5.41, 5.74) is 0.678. The predicted octanol–water partition coefficient (Wildman–Crippen LogP) is 4.01. The summed E-state index contributed by atoms with van der Waals surface area (Å²) >= 11 is 6.85. The Morgan fingerprint density at radius 1 is 1.25 bits per heavy atom. The van der Waals surface area contributed by atoms with Gasteiger partial charge in [0.05, 0.1) is 0 Å². The highest BCUT2D eigenvalue weighted by Gasteiger charge is 2.57. The Morgan fingerprint density at radius 2 is 1.88 bits per heavy atom. The van der Waals surface area contributed by atoms with Crippen molar-refractivity contribution in [2.45, 2.75) is 51.0 Å². The molecule has 4 aliphatic carbocycles. The Bertz CT molecular complexity index is 312. The van der Waals surface area contributed by atoms with E-state index in [1.54, 1.807) is 11.8 Å². The zero-order valence-corrected chi connectivity index (χ0v) is 11.8. The van der Waals surface area contributed by atoms with Gasteiger partial charge in [0.25, 0.3) is 0 Å². The Labute approximate surface area is 108 Å². The third-order valence-corrected chi connectivity index (χ3v) is 5.77. The number of thiocarbonyl (C=S) groups is 1. The molecule has 0 amide bonds. The molecule has 0 unspecified atom stereocenters. The van der Waals surface area contributed by atoms with Gasteiger partial charge >= 0.3 is 0 Å². The van der Waals surface area contributed by atoms with E-state index in [9.17, 15) is 0 Å². The van der Waals surface area contributed by atoms with Crippen LogP contribution in [0.3, 0.4) is 0 Å². The first-order chi connectivity index (χ1) is 7.53. The van der Waals surface area contributed by atoms with Gasteiger partial charge in [0.1, 0.15) is 5.60 Å². The van der Waals surface area contributed by atoms with Crippen molar-refractivity contribution in [1.82, 2.24) is 0 Å². The lowest BCUT2D eigenvalue weighted by atomic mass is 9.48. The number of rotatable bonds is 1. The number of hydrogen-bond acceptors (Lipinski definition) is 3. The van der Waals surface area contributed by atoms with Gasteiger partial charge in [-0.2, -0.15) is 0 Å². The normalized spacial score (nSPS) is 49.4. The van der Waals surface area contributed by atoms with E-state index in [1.165, 1.54) is 38.5 Å². The summed E-state index contributed by atoms with van der Waals surface area (Å²) in [5, 5.41) is 0. The highest BCUT2D eigenvalue weighted by Crippen LogP contribution is 2.62. The maximum Gasteiger partial charge on any atom is 0.220 e. The molecule has 0 aromatic heterocycles. The summed E-state index contributed by atoms with van der Waals surface area (Å²) in [6, 6.07) is 0. The van der Waals surface area contributed by atoms with Crippen LogP contribution >= 0.6 is 24.0 Å². The molecule has 4 fully saturated rings. The fourth-order valence-electron chi connectivity index (χ4n) is 4.97. The van der Waals surface area contributed by atoms with Crippen LogP contribution in [0.4, 0.5) is 0 Å². The van der Waals surface area contributed by atoms with Gasteiger partial charge in [0.2, 0.25) is 4.38 Å². The van der Waals surface area contributed by atoms with Crippen molar-refractivity contribution in [3.8, 4) is 0 Å². The summed E-state index contributed by atoms with van der Waals surface area (Å²) in [6.07, 6.45) is 10.1. The first kappa shape index (κ1) is 11.3. The fourth-order valence-corrected chi connectivity index (χ4v) is 5.40. The monoisotopic (exact) mass is 256 g/mol. The van der Waals surface area contributed by atoms with Gasteiger partial charge in [-0.05, 0) is 74.2 Å². The van der Waals surface area contributed by atoms with Crippen LogP contribution in [0.1, 0.15) is 45.4 Å². The van der Waals surface area contributed by atoms with Crippen LogP contribution in [-0.4, -0.2) is 16.2 Å². The van der Waals surface area contributed by atoms with E-state index in [0.717, 1.165) is 16.2 Å². The van der Waals surface area contributed by atoms with Crippen molar-refractivity contribution in [2.24, 2.45) is 17.3 Å². The molecule has 4 saturated carbocycles. The molecule has 0 aliphatic heterocycles. The van der Waals surface area contributed by atoms with Crippen molar-refractivity contribution in [3.05, 3.63) is 0 Å². The molecule has 1 nitrogen and oxygen atoms in total. The molecular formula is C13H20OS2. The minimum atomic E-state index is 0.124. The molecule has 0 aromatic carbocycles. The minimum Gasteiger partial charge on any atom is -0.472 e. The molecule has 16 heavy (non-hydrogen) atoms. The third kappa shape index (κ3) is 1.80. The summed E-state index contributed by atoms with van der Waals surface area (Å²) in [5.74, 6) is 1.83. The molecule has 0 N–H and O–H groups in total. The van der Waals surface area contributed by atoms with Gasteiger partial charge in [0, 0.05) is 0 Å². The van der Waals surface area contributed by atoms with Crippen molar-refractivity contribution in [2.75, 3.05) is 6.26 Å². The third-order valence-electron chi connectivity index (χ3n) is 4.77. The van der Waals surface area contributed by atoms with Crippen LogP contribution in [0.15, 0.2) is 0 Å². The Kier molecular flexibility index (Phi) is 2.56. The second kappa shape index (κ2) is 3.61. The quantitative estimate of drug-likeness (QED) is 0.656. The Balaban J connectivity index is 1.83. The van der Waals surface area contributed by atoms with Gasteiger partial charge in [-0.25, -0.2) is 0 Å². The van der Waals surface area contributed by atoms with Crippen molar-refractivity contribution in [1.29, 1.82) is 0 Å². The minimum absolute atomic E-state index is 0.124. The Morgan fingerprint density at radius 3 is 2.38 bits per heavy atom. The molecule has 4 rings (SSSR count). The van der Waals surface area contributed by atoms with Crippen LogP contribution in [0.25, 0.3) is 0 Å². The SMILES string of the molecule is CSC(=S)OC12C[C@@H]3C[C@H](CC(C)(C3)C1)C2. The average Bonchev–Trinajstić information content (AvgIpc) is 2.12. The van der Waals surface area contributed by atoms with Crippen LogP contribution in [0.2, 0.25) is 0 Å². The highest BCUT2D eigenvalue weighted by molar-refractivity contribution is 8.22. The van der Waals surface area contributed by atoms with E-state index in [-0.39, 0.29) is 5.60 Å². The van der Waals surface area contributed by atoms with E-state index >= 15 is 0 Å². The van der Waals surface area contributed by atoms with E-state index in [1.807, 2.05) is 6.26 Å². The molecule has 3 heteroatoms. The lowest BCUT2D eigenvalue weighted by molar-refractivity contribution is -0.146. The second-order valence-corrected chi connectivity index (χ2v) is 7.92. The lowest BCUT2D eigenvalue weighted by Crippen LogP contribution is -2.56. The molecule has 0 aromatic rings. The highest BCUT2D eigenvalue weighted by atomic mass is 32.2. The van der Waals surface area contributed by atoms with Gasteiger partial charge in [0.15, 0.2) is 0 Å². The summed E-state index contributed by atoms with van der Waals surface area (Å²) in [7, 11) is 0. The van der Waals surface area contributed by atoms with Gasteiger partial charge in [-0.3, -0.25) is 0 Å². The van der Waals surface area contributed by atoms with Crippen molar-refractivity contribution >= 4 is 28.4 Å². The first-order valence-electron chi connectivity index (χ1n) is 6.30. The molecule has 0 spiro atoms. The number of ether oxygens (including phenoxy) is 1. The first-order valence-corrected chi connectivity index (χ1v) is 7.93. The fraction of sp³-hybridized carbons (Fsp3) is 0.923. The molecule has 0 saturated heterocycles. The molecular weight excluding hydrogens is 236 g/mol. The number of thioether (sulfide) groups is 1. The Hall–Kier alpha value is 0.240.